The SMILES string of the molecule is Cc1ccc2nc(-c3ccc(NC(=S)Nc4ccc([N+](=O)[O-])cc4)cc3)sc2c1. The van der Waals surface area contributed by atoms with Crippen molar-refractivity contribution in [1.29, 1.82) is 0 Å². The Labute approximate surface area is 176 Å². The summed E-state index contributed by atoms with van der Waals surface area (Å²) in [6.45, 7) is 2.08. The highest BCUT2D eigenvalue weighted by molar-refractivity contribution is 7.80. The molecule has 6 nitrogen and oxygen atoms in total. The number of nitro benzene ring substituents is 1. The number of thiazole rings is 1. The van der Waals surface area contributed by atoms with E-state index in [2.05, 4.69) is 29.7 Å². The molecule has 0 aliphatic carbocycles. The van der Waals surface area contributed by atoms with Gasteiger partial charge in [-0.15, -0.1) is 11.3 Å². The molecule has 2 N–H and O–H groups in total. The van der Waals surface area contributed by atoms with Gasteiger partial charge in [0.25, 0.3) is 5.69 Å². The number of nitrogens with zero attached hydrogens (tertiary/aromatic N) is 2. The molecule has 0 saturated carbocycles. The topological polar surface area (TPSA) is 80.1 Å². The Morgan fingerprint density at radius 2 is 1.62 bits per heavy atom. The summed E-state index contributed by atoms with van der Waals surface area (Å²) in [5, 5.41) is 18.2. The molecule has 0 bridgehead atoms. The summed E-state index contributed by atoms with van der Waals surface area (Å²) in [7, 11) is 0. The summed E-state index contributed by atoms with van der Waals surface area (Å²) in [5.41, 5.74) is 4.82. The number of aryl methyl sites for hydroxylation is 1. The Hall–Kier alpha value is -3.36. The molecule has 1 heterocycles. The minimum absolute atomic E-state index is 0.0371. The van der Waals surface area contributed by atoms with Crippen molar-refractivity contribution in [2.75, 3.05) is 10.6 Å². The minimum Gasteiger partial charge on any atom is -0.332 e. The van der Waals surface area contributed by atoms with Gasteiger partial charge in [0.2, 0.25) is 0 Å². The fourth-order valence-electron chi connectivity index (χ4n) is 2.81. The van der Waals surface area contributed by atoms with Crippen LogP contribution in [0.3, 0.4) is 0 Å². The molecule has 0 atom stereocenters. The molecule has 4 rings (SSSR count). The van der Waals surface area contributed by atoms with Crippen molar-refractivity contribution in [3.63, 3.8) is 0 Å². The molecule has 0 spiro atoms. The molecule has 4 aromatic rings. The van der Waals surface area contributed by atoms with E-state index in [1.54, 1.807) is 23.5 Å². The van der Waals surface area contributed by atoms with E-state index >= 15 is 0 Å². The smallest absolute Gasteiger partial charge is 0.269 e. The minimum atomic E-state index is -0.436. The molecular formula is C21H16N4O2S2. The van der Waals surface area contributed by atoms with Gasteiger partial charge < -0.3 is 10.6 Å². The third-order valence-electron chi connectivity index (χ3n) is 4.27. The first-order chi connectivity index (χ1) is 14.0. The van der Waals surface area contributed by atoms with Crippen molar-refractivity contribution in [3.8, 4) is 10.6 Å². The van der Waals surface area contributed by atoms with Crippen LogP contribution in [0.15, 0.2) is 66.7 Å². The number of hydrogen-bond donors (Lipinski definition) is 2. The van der Waals surface area contributed by atoms with Crippen LogP contribution in [0.5, 0.6) is 0 Å². The lowest BCUT2D eigenvalue weighted by Gasteiger charge is -2.10. The van der Waals surface area contributed by atoms with E-state index in [0.29, 0.717) is 10.8 Å². The van der Waals surface area contributed by atoms with Gasteiger partial charge in [0.1, 0.15) is 5.01 Å². The fraction of sp³-hybridized carbons (Fsp3) is 0.0476. The molecule has 0 radical (unpaired) electrons. The molecule has 1 aromatic heterocycles. The van der Waals surface area contributed by atoms with Crippen molar-refractivity contribution in [3.05, 3.63) is 82.4 Å². The Bertz CT molecular complexity index is 1200. The van der Waals surface area contributed by atoms with Gasteiger partial charge in [-0.3, -0.25) is 10.1 Å². The van der Waals surface area contributed by atoms with E-state index in [0.717, 1.165) is 21.8 Å². The van der Waals surface area contributed by atoms with Crippen LogP contribution in [-0.2, 0) is 0 Å². The van der Waals surface area contributed by atoms with Gasteiger partial charge in [-0.1, -0.05) is 6.07 Å². The highest BCUT2D eigenvalue weighted by Crippen LogP contribution is 2.31. The number of nitro groups is 1. The Morgan fingerprint density at radius 1 is 1.00 bits per heavy atom. The zero-order valence-electron chi connectivity index (χ0n) is 15.4. The monoisotopic (exact) mass is 420 g/mol. The summed E-state index contributed by atoms with van der Waals surface area (Å²) in [4.78, 5) is 15.0. The van der Waals surface area contributed by atoms with Gasteiger partial charge in [-0.25, -0.2) is 4.98 Å². The lowest BCUT2D eigenvalue weighted by molar-refractivity contribution is -0.384. The van der Waals surface area contributed by atoms with Crippen LogP contribution >= 0.6 is 23.6 Å². The zero-order chi connectivity index (χ0) is 20.4. The predicted molar refractivity (Wildman–Crippen MR) is 123 cm³/mol. The number of non-ortho nitro benzene ring substituents is 1. The fourth-order valence-corrected chi connectivity index (χ4v) is 4.12. The van der Waals surface area contributed by atoms with Crippen molar-refractivity contribution in [2.24, 2.45) is 0 Å². The predicted octanol–water partition coefficient (Wildman–Crippen LogP) is 5.99. The van der Waals surface area contributed by atoms with Gasteiger partial charge in [-0.2, -0.15) is 0 Å². The van der Waals surface area contributed by atoms with E-state index in [1.165, 1.54) is 22.4 Å². The summed E-state index contributed by atoms with van der Waals surface area (Å²) in [6.07, 6.45) is 0. The second kappa shape index (κ2) is 7.94. The van der Waals surface area contributed by atoms with Gasteiger partial charge in [-0.05, 0) is 73.2 Å². The number of fused-ring (bicyclic) bond motifs is 1. The van der Waals surface area contributed by atoms with Gasteiger partial charge in [0.05, 0.1) is 15.1 Å². The molecule has 144 valence electrons. The van der Waals surface area contributed by atoms with Crippen molar-refractivity contribution < 1.29 is 4.92 Å². The van der Waals surface area contributed by atoms with Crippen LogP contribution in [0.2, 0.25) is 0 Å². The maximum atomic E-state index is 10.7. The lowest BCUT2D eigenvalue weighted by atomic mass is 10.2. The van der Waals surface area contributed by atoms with Crippen molar-refractivity contribution in [1.82, 2.24) is 4.98 Å². The van der Waals surface area contributed by atoms with Crippen molar-refractivity contribution >= 4 is 55.9 Å². The summed E-state index contributed by atoms with van der Waals surface area (Å²) in [5.74, 6) is 0. The highest BCUT2D eigenvalue weighted by Gasteiger charge is 2.08. The normalized spacial score (nSPS) is 10.7. The van der Waals surface area contributed by atoms with E-state index in [9.17, 15) is 10.1 Å². The van der Waals surface area contributed by atoms with Gasteiger partial charge in [0.15, 0.2) is 5.11 Å². The van der Waals surface area contributed by atoms with Crippen LogP contribution < -0.4 is 10.6 Å². The average molecular weight is 421 g/mol. The number of aromatic nitrogens is 1. The largest absolute Gasteiger partial charge is 0.332 e. The number of thiocarbonyl (C=S) groups is 1. The molecule has 0 aliphatic heterocycles. The van der Waals surface area contributed by atoms with Crippen LogP contribution in [0, 0.1) is 17.0 Å². The average Bonchev–Trinajstić information content (AvgIpc) is 3.12. The molecule has 3 aromatic carbocycles. The van der Waals surface area contributed by atoms with Crippen LogP contribution in [-0.4, -0.2) is 15.0 Å². The molecule has 0 fully saturated rings. The van der Waals surface area contributed by atoms with E-state index in [-0.39, 0.29) is 5.69 Å². The van der Waals surface area contributed by atoms with E-state index in [4.69, 9.17) is 17.2 Å². The summed E-state index contributed by atoms with van der Waals surface area (Å²) >= 11 is 6.99. The first-order valence-corrected chi connectivity index (χ1v) is 10.0. The van der Waals surface area contributed by atoms with Gasteiger partial charge >= 0.3 is 0 Å². The van der Waals surface area contributed by atoms with Crippen LogP contribution in [0.25, 0.3) is 20.8 Å². The molecular weight excluding hydrogens is 404 g/mol. The first-order valence-electron chi connectivity index (χ1n) is 8.78. The zero-order valence-corrected chi connectivity index (χ0v) is 17.0. The van der Waals surface area contributed by atoms with Crippen LogP contribution in [0.1, 0.15) is 5.56 Å². The van der Waals surface area contributed by atoms with Crippen molar-refractivity contribution in [2.45, 2.75) is 6.92 Å². The Kier molecular flexibility index (Phi) is 5.20. The molecule has 29 heavy (non-hydrogen) atoms. The third kappa shape index (κ3) is 4.39. The number of rotatable bonds is 4. The van der Waals surface area contributed by atoms with E-state index in [1.807, 2.05) is 30.3 Å². The lowest BCUT2D eigenvalue weighted by Crippen LogP contribution is -2.18. The molecule has 0 saturated heterocycles. The molecule has 0 aliphatic rings. The van der Waals surface area contributed by atoms with E-state index < -0.39 is 4.92 Å². The maximum absolute atomic E-state index is 10.7. The third-order valence-corrected chi connectivity index (χ3v) is 5.54. The number of nitrogens with one attached hydrogen (secondary N) is 2. The van der Waals surface area contributed by atoms with Crippen LogP contribution in [0.4, 0.5) is 17.1 Å². The standard InChI is InChI=1S/C21H16N4O2S2/c1-13-2-11-18-19(12-13)29-20(24-18)14-3-5-15(6-4-14)22-21(28)23-16-7-9-17(10-8-16)25(26)27/h2-12H,1H3,(H2,22,23,28). The summed E-state index contributed by atoms with van der Waals surface area (Å²) in [6, 6.07) is 20.2. The number of anilines is 2. The summed E-state index contributed by atoms with van der Waals surface area (Å²) < 4.78 is 1.18. The highest BCUT2D eigenvalue weighted by atomic mass is 32.1. The molecule has 0 unspecified atom stereocenters. The number of hydrogen-bond acceptors (Lipinski definition) is 5. The number of benzene rings is 3. The van der Waals surface area contributed by atoms with Gasteiger partial charge in [0, 0.05) is 29.1 Å². The quantitative estimate of drug-likeness (QED) is 0.240. The molecule has 0 amide bonds. The first kappa shape index (κ1) is 19.0. The second-order valence-corrected chi connectivity index (χ2v) is 7.89. The molecule has 8 heteroatoms. The Balaban J connectivity index is 1.43. The Morgan fingerprint density at radius 3 is 2.24 bits per heavy atom. The maximum Gasteiger partial charge on any atom is 0.269 e. The second-order valence-electron chi connectivity index (χ2n) is 6.45.